The largest absolute Gasteiger partial charge is 0.376 e. The first kappa shape index (κ1) is 25.3. The van der Waals surface area contributed by atoms with Gasteiger partial charge in [-0.25, -0.2) is 4.68 Å². The van der Waals surface area contributed by atoms with Crippen LogP contribution in [0.2, 0.25) is 0 Å². The van der Waals surface area contributed by atoms with Gasteiger partial charge in [-0.2, -0.15) is 0 Å². The van der Waals surface area contributed by atoms with Crippen molar-refractivity contribution in [2.24, 2.45) is 0 Å². The van der Waals surface area contributed by atoms with Crippen LogP contribution in [0.3, 0.4) is 0 Å². The zero-order valence-corrected chi connectivity index (χ0v) is 22.0. The molecule has 0 saturated carbocycles. The number of benzene rings is 2. The van der Waals surface area contributed by atoms with Gasteiger partial charge in [0.1, 0.15) is 0 Å². The summed E-state index contributed by atoms with van der Waals surface area (Å²) in [6.45, 7) is 9.04. The van der Waals surface area contributed by atoms with Crippen molar-refractivity contribution in [2.45, 2.75) is 71.7 Å². The summed E-state index contributed by atoms with van der Waals surface area (Å²) in [5.41, 5.74) is 5.16. The minimum atomic E-state index is -0.0454. The normalized spacial score (nSPS) is 16.6. The molecule has 5 rings (SSSR count). The minimum Gasteiger partial charge on any atom is -0.376 e. The highest BCUT2D eigenvalue weighted by Gasteiger charge is 2.27. The number of nitrogens with one attached hydrogen (secondary N) is 1. The van der Waals surface area contributed by atoms with Crippen LogP contribution in [0.5, 0.6) is 0 Å². The molecule has 0 aliphatic carbocycles. The molecule has 0 unspecified atom stereocenters. The molecule has 0 spiro atoms. The van der Waals surface area contributed by atoms with E-state index >= 15 is 0 Å². The number of tetrazole rings is 1. The zero-order valence-electron chi connectivity index (χ0n) is 22.0. The molecule has 2 atom stereocenters. The van der Waals surface area contributed by atoms with Crippen LogP contribution in [-0.2, 0) is 24.2 Å². The average molecular weight is 501 g/mol. The standard InChI is InChI=1S/C29H36N6O2/c1-4-27(28-31-32-33-35(28)19-24-11-8-14-37-24)34(13-12-22-9-6-5-7-10-22)18-23-17-25-21(3)15-20(2)16-26(25)30-29(23)36/h5-7,9-10,15-17,24,27H,4,8,11-14,18-19H2,1-3H3,(H,30,36)/t24-,27-/m1/s1. The number of fused-ring (bicyclic) bond motifs is 1. The number of aromatic nitrogens is 5. The fraction of sp³-hybridized carbons (Fsp3) is 0.448. The first-order chi connectivity index (χ1) is 18.0. The molecule has 194 valence electrons. The van der Waals surface area contributed by atoms with Crippen molar-refractivity contribution in [3.8, 4) is 0 Å². The molecule has 4 aromatic rings. The summed E-state index contributed by atoms with van der Waals surface area (Å²) in [6, 6.07) is 16.7. The summed E-state index contributed by atoms with van der Waals surface area (Å²) >= 11 is 0. The maximum absolute atomic E-state index is 13.2. The van der Waals surface area contributed by atoms with E-state index in [1.54, 1.807) is 0 Å². The van der Waals surface area contributed by atoms with Gasteiger partial charge < -0.3 is 9.72 Å². The lowest BCUT2D eigenvalue weighted by Gasteiger charge is -2.30. The van der Waals surface area contributed by atoms with Crippen LogP contribution in [0, 0.1) is 13.8 Å². The van der Waals surface area contributed by atoms with Crippen LogP contribution in [-0.4, -0.2) is 49.3 Å². The second-order valence-corrected chi connectivity index (χ2v) is 10.2. The smallest absolute Gasteiger partial charge is 0.252 e. The van der Waals surface area contributed by atoms with Gasteiger partial charge >= 0.3 is 0 Å². The molecular formula is C29H36N6O2. The number of H-pyrrole nitrogens is 1. The van der Waals surface area contributed by atoms with E-state index in [-0.39, 0.29) is 17.7 Å². The van der Waals surface area contributed by atoms with Gasteiger partial charge in [0, 0.05) is 36.2 Å². The Kier molecular flexibility index (Phi) is 7.76. The van der Waals surface area contributed by atoms with Crippen molar-refractivity contribution in [3.63, 3.8) is 0 Å². The Morgan fingerprint density at radius 2 is 2.03 bits per heavy atom. The Labute approximate surface area is 217 Å². The highest BCUT2D eigenvalue weighted by Crippen LogP contribution is 2.26. The first-order valence-electron chi connectivity index (χ1n) is 13.3. The van der Waals surface area contributed by atoms with E-state index in [0.717, 1.165) is 72.3 Å². The molecule has 37 heavy (non-hydrogen) atoms. The van der Waals surface area contributed by atoms with Gasteiger partial charge in [0.25, 0.3) is 5.56 Å². The molecule has 8 nitrogen and oxygen atoms in total. The molecule has 0 radical (unpaired) electrons. The second-order valence-electron chi connectivity index (χ2n) is 10.2. The van der Waals surface area contributed by atoms with Crippen molar-refractivity contribution < 1.29 is 4.74 Å². The summed E-state index contributed by atoms with van der Waals surface area (Å²) in [4.78, 5) is 18.7. The fourth-order valence-corrected chi connectivity index (χ4v) is 5.48. The maximum atomic E-state index is 13.2. The molecule has 1 saturated heterocycles. The Balaban J connectivity index is 1.47. The molecule has 3 heterocycles. The number of pyridine rings is 1. The van der Waals surface area contributed by atoms with Crippen LogP contribution >= 0.6 is 0 Å². The third-order valence-corrected chi connectivity index (χ3v) is 7.38. The predicted octanol–water partition coefficient (Wildman–Crippen LogP) is 4.51. The van der Waals surface area contributed by atoms with E-state index in [1.165, 1.54) is 5.56 Å². The van der Waals surface area contributed by atoms with E-state index < -0.39 is 0 Å². The van der Waals surface area contributed by atoms with Crippen LogP contribution < -0.4 is 5.56 Å². The summed E-state index contributed by atoms with van der Waals surface area (Å²) in [6.07, 6.45) is 3.94. The summed E-state index contributed by atoms with van der Waals surface area (Å²) in [5, 5.41) is 13.9. The van der Waals surface area contributed by atoms with Crippen molar-refractivity contribution in [1.29, 1.82) is 0 Å². The fourth-order valence-electron chi connectivity index (χ4n) is 5.48. The molecule has 1 fully saturated rings. The SMILES string of the molecule is CC[C@H](c1nnnn1C[C@H]1CCCO1)N(CCc1ccccc1)Cc1cc2c(C)cc(C)cc2[nH]c1=O. The highest BCUT2D eigenvalue weighted by molar-refractivity contribution is 5.83. The van der Waals surface area contributed by atoms with Crippen molar-refractivity contribution >= 4 is 10.9 Å². The Bertz CT molecular complexity index is 1390. The van der Waals surface area contributed by atoms with Crippen LogP contribution in [0.15, 0.2) is 53.3 Å². The zero-order chi connectivity index (χ0) is 25.8. The number of rotatable bonds is 10. The highest BCUT2D eigenvalue weighted by atomic mass is 16.5. The van der Waals surface area contributed by atoms with Crippen molar-refractivity contribution in [2.75, 3.05) is 13.2 Å². The number of hydrogen-bond donors (Lipinski definition) is 1. The number of aromatic amines is 1. The number of ether oxygens (including phenoxy) is 1. The van der Waals surface area contributed by atoms with Gasteiger partial charge in [-0.15, -0.1) is 5.10 Å². The third kappa shape index (κ3) is 5.81. The molecule has 1 aliphatic heterocycles. The lowest BCUT2D eigenvalue weighted by molar-refractivity contribution is 0.0893. The molecule has 8 heteroatoms. The average Bonchev–Trinajstić information content (AvgIpc) is 3.57. The lowest BCUT2D eigenvalue weighted by atomic mass is 10.0. The van der Waals surface area contributed by atoms with Crippen molar-refractivity contribution in [3.05, 3.63) is 87.0 Å². The number of aryl methyl sites for hydroxylation is 2. The van der Waals surface area contributed by atoms with Crippen LogP contribution in [0.4, 0.5) is 0 Å². The van der Waals surface area contributed by atoms with E-state index in [1.807, 2.05) is 16.8 Å². The van der Waals surface area contributed by atoms with Crippen LogP contribution in [0.1, 0.15) is 60.3 Å². The third-order valence-electron chi connectivity index (χ3n) is 7.38. The second kappa shape index (κ2) is 11.4. The number of nitrogens with zero attached hydrogens (tertiary/aromatic N) is 5. The molecule has 0 bridgehead atoms. The topological polar surface area (TPSA) is 88.9 Å². The Morgan fingerprint density at radius 3 is 2.78 bits per heavy atom. The monoisotopic (exact) mass is 500 g/mol. The molecular weight excluding hydrogens is 464 g/mol. The van der Waals surface area contributed by atoms with Gasteiger partial charge in [0.15, 0.2) is 5.82 Å². The van der Waals surface area contributed by atoms with E-state index in [0.29, 0.717) is 13.1 Å². The Morgan fingerprint density at radius 1 is 1.19 bits per heavy atom. The lowest BCUT2D eigenvalue weighted by Crippen LogP contribution is -2.34. The van der Waals surface area contributed by atoms with Gasteiger partial charge in [0.05, 0.1) is 18.7 Å². The summed E-state index contributed by atoms with van der Waals surface area (Å²) < 4.78 is 7.76. The molecule has 0 amide bonds. The van der Waals surface area contributed by atoms with E-state index in [4.69, 9.17) is 4.74 Å². The summed E-state index contributed by atoms with van der Waals surface area (Å²) in [5.74, 6) is 0.829. The van der Waals surface area contributed by atoms with Gasteiger partial charge in [0.2, 0.25) is 0 Å². The predicted molar refractivity (Wildman–Crippen MR) is 144 cm³/mol. The number of hydrogen-bond acceptors (Lipinski definition) is 6. The first-order valence-corrected chi connectivity index (χ1v) is 13.3. The molecule has 1 aliphatic rings. The quantitative estimate of drug-likeness (QED) is 0.345. The van der Waals surface area contributed by atoms with Crippen LogP contribution in [0.25, 0.3) is 10.9 Å². The van der Waals surface area contributed by atoms with E-state index in [2.05, 4.69) is 82.6 Å². The summed E-state index contributed by atoms with van der Waals surface area (Å²) in [7, 11) is 0. The van der Waals surface area contributed by atoms with Crippen molar-refractivity contribution in [1.82, 2.24) is 30.1 Å². The minimum absolute atomic E-state index is 0.0330. The van der Waals surface area contributed by atoms with Gasteiger partial charge in [-0.1, -0.05) is 43.3 Å². The molecule has 2 aromatic heterocycles. The molecule has 1 N–H and O–H groups in total. The van der Waals surface area contributed by atoms with Gasteiger partial charge in [-0.05, 0) is 78.8 Å². The Hall–Kier alpha value is -3.36. The maximum Gasteiger partial charge on any atom is 0.252 e. The molecule has 2 aromatic carbocycles. The van der Waals surface area contributed by atoms with Gasteiger partial charge in [-0.3, -0.25) is 9.69 Å². The van der Waals surface area contributed by atoms with E-state index in [9.17, 15) is 4.79 Å².